The van der Waals surface area contributed by atoms with E-state index in [0.717, 1.165) is 16.7 Å². The van der Waals surface area contributed by atoms with E-state index in [4.69, 9.17) is 32.9 Å². The van der Waals surface area contributed by atoms with E-state index >= 15 is 0 Å². The number of rotatable bonds is 5. The van der Waals surface area contributed by atoms with Crippen LogP contribution in [0.1, 0.15) is 13.8 Å². The zero-order valence-electron chi connectivity index (χ0n) is 18.1. The van der Waals surface area contributed by atoms with Crippen LogP contribution in [0, 0.1) is 0 Å². The second-order valence-electron chi connectivity index (χ2n) is 7.40. The fraction of sp³-hybridized carbons (Fsp3) is 0.348. The van der Waals surface area contributed by atoms with Gasteiger partial charge in [0, 0.05) is 48.5 Å². The van der Waals surface area contributed by atoms with Crippen LogP contribution in [0.15, 0.2) is 42.5 Å². The fourth-order valence-corrected chi connectivity index (χ4v) is 4.32. The van der Waals surface area contributed by atoms with E-state index in [9.17, 15) is 4.79 Å². The monoisotopic (exact) mass is 473 g/mol. The predicted molar refractivity (Wildman–Crippen MR) is 129 cm³/mol. The summed E-state index contributed by atoms with van der Waals surface area (Å²) in [6, 6.07) is 13.0. The van der Waals surface area contributed by atoms with E-state index < -0.39 is 0 Å². The van der Waals surface area contributed by atoms with Gasteiger partial charge in [0.15, 0.2) is 0 Å². The highest BCUT2D eigenvalue weighted by atomic mass is 35.5. The summed E-state index contributed by atoms with van der Waals surface area (Å²) in [5, 5.41) is 1.20. The third-order valence-electron chi connectivity index (χ3n) is 5.37. The maximum absolute atomic E-state index is 13.4. The summed E-state index contributed by atoms with van der Waals surface area (Å²) in [5.74, 6) is 0.815. The molecule has 1 aliphatic heterocycles. The molecule has 1 fully saturated rings. The number of halogens is 2. The van der Waals surface area contributed by atoms with Crippen LogP contribution in [0.4, 0.5) is 16.3 Å². The Morgan fingerprint density at radius 3 is 2.22 bits per heavy atom. The molecule has 32 heavy (non-hydrogen) atoms. The maximum atomic E-state index is 13.4. The third-order valence-corrected chi connectivity index (χ3v) is 5.80. The van der Waals surface area contributed by atoms with Gasteiger partial charge in [-0.15, -0.1) is 0 Å². The summed E-state index contributed by atoms with van der Waals surface area (Å²) >= 11 is 12.3. The van der Waals surface area contributed by atoms with Crippen molar-refractivity contribution in [3.8, 4) is 5.88 Å². The lowest BCUT2D eigenvalue weighted by molar-refractivity contribution is 0.200. The minimum atomic E-state index is -0.109. The van der Waals surface area contributed by atoms with Crippen molar-refractivity contribution >= 4 is 51.8 Å². The number of para-hydroxylation sites is 2. The average Bonchev–Trinajstić information content (AvgIpc) is 2.79. The summed E-state index contributed by atoms with van der Waals surface area (Å²) in [4.78, 5) is 28.4. The van der Waals surface area contributed by atoms with Crippen LogP contribution in [-0.2, 0) is 0 Å². The molecule has 1 saturated heterocycles. The first kappa shape index (κ1) is 22.4. The zero-order chi connectivity index (χ0) is 22.7. The van der Waals surface area contributed by atoms with Gasteiger partial charge in [-0.05, 0) is 44.2 Å². The van der Waals surface area contributed by atoms with E-state index in [0.29, 0.717) is 61.1 Å². The van der Waals surface area contributed by atoms with Gasteiger partial charge in [-0.3, -0.25) is 4.90 Å². The summed E-state index contributed by atoms with van der Waals surface area (Å²) in [7, 11) is 0. The quantitative estimate of drug-likeness (QED) is 0.515. The molecule has 1 aromatic heterocycles. The van der Waals surface area contributed by atoms with Crippen LogP contribution >= 0.6 is 23.2 Å². The minimum absolute atomic E-state index is 0.109. The van der Waals surface area contributed by atoms with E-state index in [2.05, 4.69) is 9.88 Å². The number of anilines is 2. The number of hydrogen-bond acceptors (Lipinski definition) is 5. The first-order valence-electron chi connectivity index (χ1n) is 10.7. The Labute approximate surface area is 197 Å². The molecule has 0 saturated carbocycles. The number of carbonyl (C=O) groups excluding carboxylic acids is 1. The number of hydrogen-bond donors (Lipinski definition) is 0. The lowest BCUT2D eigenvalue weighted by atomic mass is 10.2. The van der Waals surface area contributed by atoms with Gasteiger partial charge in [-0.1, -0.05) is 35.3 Å². The summed E-state index contributed by atoms with van der Waals surface area (Å²) in [6.45, 7) is 7.22. The molecular weight excluding hydrogens is 449 g/mol. The smallest absolute Gasteiger partial charge is 0.325 e. The summed E-state index contributed by atoms with van der Waals surface area (Å²) in [5.41, 5.74) is 2.41. The van der Waals surface area contributed by atoms with Crippen LogP contribution in [0.5, 0.6) is 5.88 Å². The molecule has 2 aromatic carbocycles. The van der Waals surface area contributed by atoms with Crippen molar-refractivity contribution in [2.24, 2.45) is 0 Å². The lowest BCUT2D eigenvalue weighted by Crippen LogP contribution is -2.53. The van der Waals surface area contributed by atoms with E-state index in [1.54, 1.807) is 11.0 Å². The highest BCUT2D eigenvalue weighted by Gasteiger charge is 2.29. The van der Waals surface area contributed by atoms with Gasteiger partial charge < -0.3 is 14.5 Å². The maximum Gasteiger partial charge on any atom is 0.325 e. The van der Waals surface area contributed by atoms with Gasteiger partial charge in [0.1, 0.15) is 0 Å². The van der Waals surface area contributed by atoms with Crippen molar-refractivity contribution in [1.82, 2.24) is 14.9 Å². The van der Waals surface area contributed by atoms with Crippen LogP contribution < -0.4 is 14.5 Å². The summed E-state index contributed by atoms with van der Waals surface area (Å²) in [6.07, 6.45) is 0. The third kappa shape index (κ3) is 4.69. The Morgan fingerprint density at radius 2 is 1.62 bits per heavy atom. The van der Waals surface area contributed by atoms with Crippen molar-refractivity contribution in [2.45, 2.75) is 13.8 Å². The standard InChI is InChI=1S/C23H25Cl2N5O2/c1-3-30(21-22(32-4-2)27-20-8-6-5-7-19(20)26-21)23(31)29-11-9-28(10-12-29)18-14-16(24)13-17(25)15-18/h5-8,13-15H,3-4,9-12H2,1-2H3. The molecule has 2 amide bonds. The van der Waals surface area contributed by atoms with Crippen molar-refractivity contribution in [3.05, 3.63) is 52.5 Å². The number of fused-ring (bicyclic) bond motifs is 1. The molecule has 0 atom stereocenters. The van der Waals surface area contributed by atoms with E-state index in [-0.39, 0.29) is 6.03 Å². The predicted octanol–water partition coefficient (Wildman–Crippen LogP) is 5.10. The molecule has 0 N–H and O–H groups in total. The van der Waals surface area contributed by atoms with Crippen molar-refractivity contribution in [2.75, 3.05) is 49.1 Å². The topological polar surface area (TPSA) is 61.8 Å². The Bertz CT molecular complexity index is 1100. The number of nitrogens with zero attached hydrogens (tertiary/aromatic N) is 5. The van der Waals surface area contributed by atoms with Crippen LogP contribution in [0.3, 0.4) is 0 Å². The fourth-order valence-electron chi connectivity index (χ4n) is 3.81. The summed E-state index contributed by atoms with van der Waals surface area (Å²) < 4.78 is 5.74. The Hall–Kier alpha value is -2.77. The second-order valence-corrected chi connectivity index (χ2v) is 8.28. The van der Waals surface area contributed by atoms with Gasteiger partial charge in [0.25, 0.3) is 5.88 Å². The van der Waals surface area contributed by atoms with Gasteiger partial charge in [-0.25, -0.2) is 14.8 Å². The Morgan fingerprint density at radius 1 is 1.00 bits per heavy atom. The van der Waals surface area contributed by atoms with Gasteiger partial charge >= 0.3 is 6.03 Å². The molecule has 0 spiro atoms. The molecule has 1 aliphatic rings. The number of ether oxygens (including phenoxy) is 1. The molecule has 7 nitrogen and oxygen atoms in total. The normalized spacial score (nSPS) is 14.0. The molecule has 3 aromatic rings. The van der Waals surface area contributed by atoms with E-state index in [1.165, 1.54) is 0 Å². The molecule has 9 heteroatoms. The molecule has 4 rings (SSSR count). The molecule has 0 bridgehead atoms. The van der Waals surface area contributed by atoms with Gasteiger partial charge in [0.05, 0.1) is 17.6 Å². The number of amides is 2. The van der Waals surface area contributed by atoms with Crippen molar-refractivity contribution < 1.29 is 9.53 Å². The molecule has 168 valence electrons. The SMILES string of the molecule is CCOc1nc2ccccc2nc1N(CC)C(=O)N1CCN(c2cc(Cl)cc(Cl)c2)CC1. The van der Waals surface area contributed by atoms with Gasteiger partial charge in [0.2, 0.25) is 5.82 Å². The zero-order valence-corrected chi connectivity index (χ0v) is 19.6. The molecular formula is C23H25Cl2N5O2. The largest absolute Gasteiger partial charge is 0.475 e. The average molecular weight is 474 g/mol. The number of carbonyl (C=O) groups is 1. The van der Waals surface area contributed by atoms with Crippen LogP contribution in [0.25, 0.3) is 11.0 Å². The highest BCUT2D eigenvalue weighted by molar-refractivity contribution is 6.35. The highest BCUT2D eigenvalue weighted by Crippen LogP contribution is 2.29. The van der Waals surface area contributed by atoms with Crippen molar-refractivity contribution in [3.63, 3.8) is 0 Å². The molecule has 0 aliphatic carbocycles. The molecule has 0 radical (unpaired) electrons. The van der Waals surface area contributed by atoms with Crippen LogP contribution in [-0.4, -0.2) is 60.2 Å². The second kappa shape index (κ2) is 9.79. The number of benzene rings is 2. The number of urea groups is 1. The Kier molecular flexibility index (Phi) is 6.86. The molecule has 2 heterocycles. The number of aromatic nitrogens is 2. The number of piperazine rings is 1. The molecule has 0 unspecified atom stereocenters. The van der Waals surface area contributed by atoms with Gasteiger partial charge in [-0.2, -0.15) is 0 Å². The first-order chi connectivity index (χ1) is 15.5. The van der Waals surface area contributed by atoms with Crippen molar-refractivity contribution in [1.29, 1.82) is 0 Å². The Balaban J connectivity index is 1.54. The minimum Gasteiger partial charge on any atom is -0.475 e. The van der Waals surface area contributed by atoms with Crippen LogP contribution in [0.2, 0.25) is 10.0 Å². The van der Waals surface area contributed by atoms with E-state index in [1.807, 2.05) is 55.1 Å². The lowest BCUT2D eigenvalue weighted by Gasteiger charge is -2.38. The first-order valence-corrected chi connectivity index (χ1v) is 11.4.